The van der Waals surface area contributed by atoms with Crippen molar-refractivity contribution in [3.8, 4) is 44.8 Å². The second kappa shape index (κ2) is 15.7. The number of nitrogens with zero attached hydrogens (tertiary/aromatic N) is 2. The minimum absolute atomic E-state index is 0. The molecule has 0 unspecified atom stereocenters. The van der Waals surface area contributed by atoms with Crippen molar-refractivity contribution in [2.45, 2.75) is 37.0 Å². The molecule has 5 heteroatoms. The topological polar surface area (TPSA) is 38.9 Å². The molecule has 5 aromatic carbocycles. The number of rotatable bonds is 6. The van der Waals surface area contributed by atoms with Crippen molar-refractivity contribution in [2.75, 3.05) is 0 Å². The average molecular weight is 902 g/mol. The van der Waals surface area contributed by atoms with Crippen molar-refractivity contribution in [3.05, 3.63) is 164 Å². The molecule has 0 amide bonds. The van der Waals surface area contributed by atoms with E-state index in [9.17, 15) is 0 Å². The van der Waals surface area contributed by atoms with Gasteiger partial charge in [-0.2, -0.15) is 0 Å². The Labute approximate surface area is 317 Å². The van der Waals surface area contributed by atoms with Crippen LogP contribution in [-0.2, 0) is 20.1 Å². The fourth-order valence-electron chi connectivity index (χ4n) is 6.11. The Hall–Kier alpha value is -4.61. The standard InChI is InChI=1S/C26H20NO.C20H20GeN.Ir/c1-17(2)19-13-14-27-24(15-19)23-10-6-9-22-21-12-11-20(16-25(21)28-26(22)23)18-7-4-3-5-8-18;1-21(2,3)19-12-13-20(22-15-19)18-11-7-10-17(14-18)16-8-5-4-6-9-16;/h3-9,11-17H,1-2H3;4-10,12-15H,1-3H3;/q2*-1;. The summed E-state index contributed by atoms with van der Waals surface area (Å²) in [5, 5.41) is 2.21. The van der Waals surface area contributed by atoms with Gasteiger partial charge in [0.1, 0.15) is 5.58 Å². The molecule has 3 heterocycles. The van der Waals surface area contributed by atoms with Gasteiger partial charge < -0.3 is 9.40 Å². The van der Waals surface area contributed by atoms with Crippen molar-refractivity contribution in [2.24, 2.45) is 0 Å². The summed E-state index contributed by atoms with van der Waals surface area (Å²) in [6, 6.07) is 52.7. The van der Waals surface area contributed by atoms with Crippen LogP contribution in [-0.4, -0.2) is 23.2 Å². The van der Waals surface area contributed by atoms with Crippen molar-refractivity contribution in [1.29, 1.82) is 0 Å². The average Bonchev–Trinajstić information content (AvgIpc) is 3.54. The summed E-state index contributed by atoms with van der Waals surface area (Å²) in [7, 11) is 0. The van der Waals surface area contributed by atoms with Crippen LogP contribution in [0.2, 0.25) is 17.3 Å². The minimum atomic E-state index is -1.79. The summed E-state index contributed by atoms with van der Waals surface area (Å²) < 4.78 is 7.76. The Bertz CT molecular complexity index is 2380. The van der Waals surface area contributed by atoms with E-state index in [-0.39, 0.29) is 20.1 Å². The van der Waals surface area contributed by atoms with E-state index in [1.807, 2.05) is 30.5 Å². The molecule has 0 atom stereocenters. The molecule has 51 heavy (non-hydrogen) atoms. The molecule has 0 saturated carbocycles. The monoisotopic (exact) mass is 903 g/mol. The van der Waals surface area contributed by atoms with Crippen molar-refractivity contribution in [3.63, 3.8) is 0 Å². The van der Waals surface area contributed by atoms with E-state index in [0.29, 0.717) is 5.92 Å². The van der Waals surface area contributed by atoms with Gasteiger partial charge in [0.15, 0.2) is 0 Å². The number of hydrogen-bond donors (Lipinski definition) is 0. The zero-order valence-corrected chi connectivity index (χ0v) is 34.1. The number of pyridine rings is 2. The van der Waals surface area contributed by atoms with Crippen LogP contribution in [0.15, 0.2) is 150 Å². The van der Waals surface area contributed by atoms with Gasteiger partial charge in [-0.15, -0.1) is 18.2 Å². The molecule has 0 N–H and O–H groups in total. The van der Waals surface area contributed by atoms with Gasteiger partial charge in [-0.1, -0.05) is 78.9 Å². The molecule has 0 aliphatic rings. The molecule has 0 saturated heterocycles. The molecule has 0 aliphatic heterocycles. The van der Waals surface area contributed by atoms with E-state index in [4.69, 9.17) is 4.42 Å². The van der Waals surface area contributed by atoms with Crippen LogP contribution in [0.1, 0.15) is 25.3 Å². The van der Waals surface area contributed by atoms with Crippen LogP contribution < -0.4 is 4.40 Å². The van der Waals surface area contributed by atoms with Gasteiger partial charge in [-0.25, -0.2) is 0 Å². The molecular weight excluding hydrogens is 861 g/mol. The van der Waals surface area contributed by atoms with E-state index >= 15 is 0 Å². The largest absolute Gasteiger partial charge is 0 e. The van der Waals surface area contributed by atoms with E-state index < -0.39 is 13.3 Å². The molecule has 8 aromatic rings. The van der Waals surface area contributed by atoms with Crippen molar-refractivity contribution >= 4 is 39.6 Å². The molecule has 8 rings (SSSR count). The summed E-state index contributed by atoms with van der Waals surface area (Å²) in [5.41, 5.74) is 11.6. The van der Waals surface area contributed by atoms with Gasteiger partial charge in [-0.05, 0) is 34.9 Å². The maximum absolute atomic E-state index is 6.33. The molecule has 0 aliphatic carbocycles. The van der Waals surface area contributed by atoms with Gasteiger partial charge in [0.2, 0.25) is 0 Å². The second-order valence-electron chi connectivity index (χ2n) is 13.9. The maximum atomic E-state index is 6.33. The molecule has 3 nitrogen and oxygen atoms in total. The van der Waals surface area contributed by atoms with E-state index in [2.05, 4.69) is 169 Å². The minimum Gasteiger partial charge on any atom is 0 e. The Morgan fingerprint density at radius 3 is 1.94 bits per heavy atom. The molecule has 1 radical (unpaired) electrons. The molecule has 0 bridgehead atoms. The summed E-state index contributed by atoms with van der Waals surface area (Å²) in [5.74, 6) is 7.61. The first-order chi connectivity index (χ1) is 24.2. The Morgan fingerprint density at radius 1 is 0.608 bits per heavy atom. The predicted molar refractivity (Wildman–Crippen MR) is 212 cm³/mol. The first-order valence-electron chi connectivity index (χ1n) is 17.2. The smallest absolute Gasteiger partial charge is 0 e. The maximum Gasteiger partial charge on any atom is 0 e. The second-order valence-corrected chi connectivity index (χ2v) is 24.6. The third-order valence-electron chi connectivity index (χ3n) is 9.06. The zero-order valence-electron chi connectivity index (χ0n) is 29.6. The van der Waals surface area contributed by atoms with Crippen LogP contribution >= 0.6 is 0 Å². The molecule has 0 spiro atoms. The van der Waals surface area contributed by atoms with Crippen LogP contribution in [0.25, 0.3) is 66.7 Å². The molecule has 3 aromatic heterocycles. The number of aromatic nitrogens is 2. The van der Waals surface area contributed by atoms with Crippen molar-refractivity contribution in [1.82, 2.24) is 9.97 Å². The van der Waals surface area contributed by atoms with Gasteiger partial charge in [0.05, 0.1) is 5.58 Å². The Kier molecular flexibility index (Phi) is 11.2. The third-order valence-corrected chi connectivity index (χ3v) is 13.3. The number of benzene rings is 5. The van der Waals surface area contributed by atoms with Crippen LogP contribution in [0, 0.1) is 12.1 Å². The first kappa shape index (κ1) is 36.2. The summed E-state index contributed by atoms with van der Waals surface area (Å²) in [4.78, 5) is 9.25. The van der Waals surface area contributed by atoms with Gasteiger partial charge in [-0.3, -0.25) is 0 Å². The molecule has 255 valence electrons. The van der Waals surface area contributed by atoms with Crippen molar-refractivity contribution < 1.29 is 24.5 Å². The fourth-order valence-corrected chi connectivity index (χ4v) is 8.28. The number of hydrogen-bond acceptors (Lipinski definition) is 3. The normalized spacial score (nSPS) is 11.3. The van der Waals surface area contributed by atoms with E-state index in [0.717, 1.165) is 50.0 Å². The summed E-state index contributed by atoms with van der Waals surface area (Å²) >= 11 is -1.79. The number of furan rings is 1. The zero-order chi connectivity index (χ0) is 34.7. The van der Waals surface area contributed by atoms with Gasteiger partial charge in [0, 0.05) is 31.7 Å². The third kappa shape index (κ3) is 8.15. The first-order valence-corrected chi connectivity index (χ1v) is 24.5. The van der Waals surface area contributed by atoms with Crippen LogP contribution in [0.3, 0.4) is 0 Å². The van der Waals surface area contributed by atoms with Crippen LogP contribution in [0.5, 0.6) is 0 Å². The Balaban J connectivity index is 0.000000178. The quantitative estimate of drug-likeness (QED) is 0.123. The fraction of sp³-hybridized carbons (Fsp3) is 0.130. The summed E-state index contributed by atoms with van der Waals surface area (Å²) in [6.07, 6.45) is 3.92. The molecule has 0 fully saturated rings. The van der Waals surface area contributed by atoms with Gasteiger partial charge >= 0.3 is 135 Å². The van der Waals surface area contributed by atoms with E-state index in [1.54, 1.807) is 0 Å². The Morgan fingerprint density at radius 2 is 1.29 bits per heavy atom. The molecular formula is C46H40GeIrN2O-2. The van der Waals surface area contributed by atoms with Crippen LogP contribution in [0.4, 0.5) is 0 Å². The van der Waals surface area contributed by atoms with E-state index in [1.165, 1.54) is 26.6 Å². The predicted octanol–water partition coefficient (Wildman–Crippen LogP) is 12.0. The number of fused-ring (bicyclic) bond motifs is 3. The summed E-state index contributed by atoms with van der Waals surface area (Å²) in [6.45, 7) is 4.38. The van der Waals surface area contributed by atoms with Gasteiger partial charge in [0.25, 0.3) is 0 Å². The SMILES string of the molecule is CC(C)c1ccnc(-c2[c-]ccc3c2oc2cc(-c4ccccc4)ccc23)c1.[CH3][Ge]([CH3])([CH3])[c]1ccc(-c2[c-]ccc(-c3ccccc3)c2)nc1.[Ir].